The Hall–Kier alpha value is -2.16. The van der Waals surface area contributed by atoms with Crippen molar-refractivity contribution in [3.8, 4) is 0 Å². The highest BCUT2D eigenvalue weighted by Gasteiger charge is 2.28. The first-order valence-electron chi connectivity index (χ1n) is 8.68. The van der Waals surface area contributed by atoms with E-state index in [1.165, 1.54) is 30.3 Å². The maximum Gasteiger partial charge on any atom is 0.261 e. The molecule has 2 aromatic rings. The fourth-order valence-corrected chi connectivity index (χ4v) is 4.36. The maximum atomic E-state index is 13.0. The van der Waals surface area contributed by atoms with Gasteiger partial charge in [0.15, 0.2) is 0 Å². The molecule has 0 spiro atoms. The van der Waals surface area contributed by atoms with E-state index in [-0.39, 0.29) is 39.3 Å². The summed E-state index contributed by atoms with van der Waals surface area (Å²) in [5.74, 6) is -0.831. The van der Waals surface area contributed by atoms with Gasteiger partial charge in [-0.2, -0.15) is 0 Å². The van der Waals surface area contributed by atoms with E-state index in [2.05, 4.69) is 4.72 Å². The molecule has 1 saturated heterocycles. The van der Waals surface area contributed by atoms with Crippen molar-refractivity contribution in [3.05, 3.63) is 58.9 Å². The molecule has 0 aromatic heterocycles. The fraction of sp³-hybridized carbons (Fsp3) is 0.316. The van der Waals surface area contributed by atoms with Crippen LogP contribution >= 0.6 is 11.6 Å². The number of rotatable bonds is 4. The van der Waals surface area contributed by atoms with E-state index in [1.807, 2.05) is 13.8 Å². The van der Waals surface area contributed by atoms with Gasteiger partial charge in [-0.3, -0.25) is 9.52 Å². The van der Waals surface area contributed by atoms with Crippen LogP contribution in [0.4, 0.5) is 10.1 Å². The molecule has 1 aliphatic heterocycles. The summed E-state index contributed by atoms with van der Waals surface area (Å²) in [5, 5.41) is 0.164. The van der Waals surface area contributed by atoms with Crippen LogP contribution in [0.25, 0.3) is 0 Å². The third kappa shape index (κ3) is 4.63. The van der Waals surface area contributed by atoms with Gasteiger partial charge in [-0.05, 0) is 56.3 Å². The molecule has 6 nitrogen and oxygen atoms in total. The van der Waals surface area contributed by atoms with Crippen molar-refractivity contribution < 1.29 is 22.3 Å². The van der Waals surface area contributed by atoms with Crippen LogP contribution in [0.2, 0.25) is 5.02 Å². The number of benzene rings is 2. The Balaban J connectivity index is 1.88. The topological polar surface area (TPSA) is 75.7 Å². The van der Waals surface area contributed by atoms with Crippen molar-refractivity contribution in [1.29, 1.82) is 0 Å². The second kappa shape index (κ2) is 8.06. The van der Waals surface area contributed by atoms with Gasteiger partial charge in [-0.15, -0.1) is 0 Å². The molecule has 2 atom stereocenters. The van der Waals surface area contributed by atoms with Gasteiger partial charge in [0.25, 0.3) is 15.9 Å². The minimum absolute atomic E-state index is 0.102. The summed E-state index contributed by atoms with van der Waals surface area (Å²) in [5.41, 5.74) is 0.310. The number of amides is 1. The molecule has 0 bridgehead atoms. The van der Waals surface area contributed by atoms with E-state index in [0.29, 0.717) is 13.1 Å². The van der Waals surface area contributed by atoms with Crippen LogP contribution in [0.3, 0.4) is 0 Å². The zero-order chi connectivity index (χ0) is 20.5. The number of ether oxygens (including phenoxy) is 1. The first kappa shape index (κ1) is 20.6. The van der Waals surface area contributed by atoms with Gasteiger partial charge >= 0.3 is 0 Å². The molecule has 0 aliphatic carbocycles. The maximum absolute atomic E-state index is 13.0. The predicted octanol–water partition coefficient (Wildman–Crippen LogP) is 3.53. The van der Waals surface area contributed by atoms with Crippen molar-refractivity contribution >= 4 is 33.2 Å². The lowest BCUT2D eigenvalue weighted by atomic mass is 10.1. The molecule has 1 N–H and O–H groups in total. The summed E-state index contributed by atoms with van der Waals surface area (Å²) in [6.45, 7) is 4.52. The molecule has 1 aliphatic rings. The molecule has 2 aromatic carbocycles. The molecular weight excluding hydrogens is 407 g/mol. The smallest absolute Gasteiger partial charge is 0.261 e. The second-order valence-corrected chi connectivity index (χ2v) is 8.81. The summed E-state index contributed by atoms with van der Waals surface area (Å²) in [6.07, 6.45) is -0.253. The van der Waals surface area contributed by atoms with E-state index >= 15 is 0 Å². The monoisotopic (exact) mass is 426 g/mol. The molecule has 1 amide bonds. The van der Waals surface area contributed by atoms with Crippen LogP contribution in [0.1, 0.15) is 24.2 Å². The molecule has 28 heavy (non-hydrogen) atoms. The Bertz CT molecular complexity index is 972. The number of nitrogens with zero attached hydrogens (tertiary/aromatic N) is 1. The van der Waals surface area contributed by atoms with Crippen LogP contribution in [0.15, 0.2) is 47.4 Å². The number of carbonyl (C=O) groups excluding carboxylic acids is 1. The van der Waals surface area contributed by atoms with Crippen LogP contribution in [0, 0.1) is 5.82 Å². The molecule has 0 radical (unpaired) electrons. The first-order chi connectivity index (χ1) is 13.2. The highest BCUT2D eigenvalue weighted by atomic mass is 35.5. The van der Waals surface area contributed by atoms with Crippen LogP contribution in [0.5, 0.6) is 0 Å². The Morgan fingerprint density at radius 2 is 1.75 bits per heavy atom. The summed E-state index contributed by atoms with van der Waals surface area (Å²) in [4.78, 5) is 14.4. The quantitative estimate of drug-likeness (QED) is 0.811. The fourth-order valence-electron chi connectivity index (χ4n) is 3.08. The van der Waals surface area contributed by atoms with Gasteiger partial charge in [0.1, 0.15) is 5.82 Å². The number of hydrogen-bond acceptors (Lipinski definition) is 4. The van der Waals surface area contributed by atoms with Crippen molar-refractivity contribution in [3.63, 3.8) is 0 Å². The molecule has 1 fully saturated rings. The van der Waals surface area contributed by atoms with Crippen LogP contribution in [-0.4, -0.2) is 44.5 Å². The average molecular weight is 427 g/mol. The number of halogens is 2. The van der Waals surface area contributed by atoms with Crippen LogP contribution < -0.4 is 4.72 Å². The Labute approximate surface area is 168 Å². The normalized spacial score (nSPS) is 20.1. The summed E-state index contributed by atoms with van der Waals surface area (Å²) in [7, 11) is -3.98. The first-order valence-corrected chi connectivity index (χ1v) is 10.5. The molecule has 2 unspecified atom stereocenters. The molecule has 0 saturated carbocycles. The Morgan fingerprint density at radius 1 is 1.14 bits per heavy atom. The predicted molar refractivity (Wildman–Crippen MR) is 105 cm³/mol. The average Bonchev–Trinajstić information content (AvgIpc) is 2.62. The Morgan fingerprint density at radius 3 is 2.36 bits per heavy atom. The van der Waals surface area contributed by atoms with Crippen molar-refractivity contribution in [1.82, 2.24) is 4.90 Å². The highest BCUT2D eigenvalue weighted by Crippen LogP contribution is 2.25. The lowest BCUT2D eigenvalue weighted by molar-refractivity contribution is -0.0586. The van der Waals surface area contributed by atoms with Crippen LogP contribution in [-0.2, 0) is 14.8 Å². The largest absolute Gasteiger partial charge is 0.372 e. The molecule has 3 rings (SSSR count). The van der Waals surface area contributed by atoms with Gasteiger partial charge in [-0.25, -0.2) is 12.8 Å². The summed E-state index contributed by atoms with van der Waals surface area (Å²) >= 11 is 6.18. The lowest BCUT2D eigenvalue weighted by Crippen LogP contribution is -2.48. The Kier molecular flexibility index (Phi) is 5.92. The van der Waals surface area contributed by atoms with Gasteiger partial charge < -0.3 is 9.64 Å². The number of carbonyl (C=O) groups is 1. The van der Waals surface area contributed by atoms with E-state index in [4.69, 9.17) is 16.3 Å². The number of morpholine rings is 1. The molecule has 150 valence electrons. The minimum atomic E-state index is -3.98. The van der Waals surface area contributed by atoms with E-state index in [0.717, 1.165) is 12.1 Å². The van der Waals surface area contributed by atoms with Crippen molar-refractivity contribution in [2.45, 2.75) is 31.0 Å². The zero-order valence-electron chi connectivity index (χ0n) is 15.4. The minimum Gasteiger partial charge on any atom is -0.372 e. The number of anilines is 1. The van der Waals surface area contributed by atoms with E-state index < -0.39 is 15.8 Å². The summed E-state index contributed by atoms with van der Waals surface area (Å²) < 4.78 is 46.3. The highest BCUT2D eigenvalue weighted by molar-refractivity contribution is 7.92. The molecular formula is C19H20ClFN2O4S. The van der Waals surface area contributed by atoms with Gasteiger partial charge in [0.05, 0.1) is 27.7 Å². The van der Waals surface area contributed by atoms with E-state index in [1.54, 1.807) is 4.90 Å². The zero-order valence-corrected chi connectivity index (χ0v) is 16.9. The summed E-state index contributed by atoms with van der Waals surface area (Å²) in [6, 6.07) is 8.86. The SMILES string of the molecule is CC1CN(C(=O)c2cc(S(=O)(=O)Nc3ccc(F)cc3)ccc2Cl)CC(C)O1. The molecule has 9 heteroatoms. The number of hydrogen-bond donors (Lipinski definition) is 1. The lowest BCUT2D eigenvalue weighted by Gasteiger charge is -2.35. The number of nitrogens with one attached hydrogen (secondary N) is 1. The number of sulfonamides is 1. The standard InChI is InChI=1S/C19H20ClFN2O4S/c1-12-10-23(11-13(2)27-12)19(24)17-9-16(7-8-18(17)20)28(25,26)22-15-5-3-14(21)4-6-15/h3-9,12-13,22H,10-11H2,1-2H3. The van der Waals surface area contributed by atoms with Crippen molar-refractivity contribution in [2.75, 3.05) is 17.8 Å². The second-order valence-electron chi connectivity index (χ2n) is 6.72. The van der Waals surface area contributed by atoms with Gasteiger partial charge in [0, 0.05) is 18.8 Å². The van der Waals surface area contributed by atoms with E-state index in [9.17, 15) is 17.6 Å². The van der Waals surface area contributed by atoms with Gasteiger partial charge in [-0.1, -0.05) is 11.6 Å². The van der Waals surface area contributed by atoms with Gasteiger partial charge in [0.2, 0.25) is 0 Å². The third-order valence-corrected chi connectivity index (χ3v) is 5.99. The van der Waals surface area contributed by atoms with Crippen molar-refractivity contribution in [2.24, 2.45) is 0 Å². The third-order valence-electron chi connectivity index (χ3n) is 4.28. The molecule has 1 heterocycles.